The van der Waals surface area contributed by atoms with Gasteiger partial charge in [-0.25, -0.2) is 0 Å². The largest absolute Gasteiger partial charge is 0.507 e. The van der Waals surface area contributed by atoms with Crippen LogP contribution in [-0.4, -0.2) is 29.5 Å². The zero-order valence-corrected chi connectivity index (χ0v) is 15.1. The third kappa shape index (κ3) is 2.73. The Hall–Kier alpha value is -2.82. The average Bonchev–Trinajstić information content (AvgIpc) is 2.60. The molecule has 2 aliphatic rings. The molecule has 0 unspecified atom stereocenters. The number of methoxy groups -OCH3 is 1. The summed E-state index contributed by atoms with van der Waals surface area (Å²) in [4.78, 5) is 0. The smallest absolute Gasteiger partial charge is 0.161 e. The van der Waals surface area contributed by atoms with Crippen LogP contribution in [0.25, 0.3) is 11.6 Å². The molecule has 5 heteroatoms. The third-order valence-corrected chi connectivity index (χ3v) is 4.96. The number of hydrogen-bond donors (Lipinski definition) is 2. The molecule has 0 atom stereocenters. The lowest BCUT2D eigenvalue weighted by Crippen LogP contribution is -2.33. The molecule has 26 heavy (non-hydrogen) atoms. The summed E-state index contributed by atoms with van der Waals surface area (Å²) in [5.41, 5.74) is 3.31. The highest BCUT2D eigenvalue weighted by Gasteiger charge is 2.30. The summed E-state index contributed by atoms with van der Waals surface area (Å²) >= 11 is 0. The molecule has 0 fully saturated rings. The molecule has 4 rings (SSSR count). The van der Waals surface area contributed by atoms with Gasteiger partial charge in [0.1, 0.15) is 29.5 Å². The lowest BCUT2D eigenvalue weighted by molar-refractivity contribution is 0.0834. The van der Waals surface area contributed by atoms with Crippen LogP contribution in [0.4, 0.5) is 0 Å². The Bertz CT molecular complexity index is 911. The molecule has 0 bridgehead atoms. The highest BCUT2D eigenvalue weighted by atomic mass is 16.5. The van der Waals surface area contributed by atoms with Crippen molar-refractivity contribution in [3.8, 4) is 28.7 Å². The first-order valence-corrected chi connectivity index (χ1v) is 8.66. The minimum Gasteiger partial charge on any atom is -0.507 e. The lowest BCUT2D eigenvalue weighted by Gasteiger charge is -2.34. The molecular weight excluding hydrogens is 332 g/mol. The maximum Gasteiger partial charge on any atom is 0.161 e. The van der Waals surface area contributed by atoms with E-state index in [9.17, 15) is 10.2 Å². The zero-order valence-electron chi connectivity index (χ0n) is 15.1. The van der Waals surface area contributed by atoms with Gasteiger partial charge in [-0.05, 0) is 51.0 Å². The van der Waals surface area contributed by atoms with E-state index < -0.39 is 0 Å². The van der Waals surface area contributed by atoms with Gasteiger partial charge in [-0.15, -0.1) is 0 Å². The van der Waals surface area contributed by atoms with E-state index in [0.29, 0.717) is 17.9 Å². The first kappa shape index (κ1) is 16.6. The summed E-state index contributed by atoms with van der Waals surface area (Å²) in [5, 5.41) is 20.0. The predicted octanol–water partition coefficient (Wildman–Crippen LogP) is 4.14. The number of phenolic OH excluding ortho intramolecular Hbond substituents is 2. The second-order valence-corrected chi connectivity index (χ2v) is 7.32. The molecule has 0 saturated carbocycles. The monoisotopic (exact) mass is 354 g/mol. The van der Waals surface area contributed by atoms with Crippen LogP contribution in [0.2, 0.25) is 0 Å². The van der Waals surface area contributed by atoms with Gasteiger partial charge in [0.05, 0.1) is 7.11 Å². The number of benzene rings is 2. The van der Waals surface area contributed by atoms with Gasteiger partial charge in [-0.2, -0.15) is 0 Å². The Morgan fingerprint density at radius 3 is 2.69 bits per heavy atom. The molecule has 0 amide bonds. The first-order valence-electron chi connectivity index (χ1n) is 8.66. The first-order chi connectivity index (χ1) is 12.4. The van der Waals surface area contributed by atoms with Crippen LogP contribution in [0.5, 0.6) is 28.7 Å². The Kier molecular flexibility index (Phi) is 3.75. The molecule has 2 N–H and O–H groups in total. The standard InChI is InChI=1S/C21H22O5/c1-21(2)7-6-14-18(26-21)5-4-12-8-13(11-25-20(12)14)15-9-19(24-3)17(23)10-16(15)22/h4-5,8-10,22-23H,6-7,11H2,1-3H3. The number of rotatable bonds is 2. The van der Waals surface area contributed by atoms with Gasteiger partial charge in [0, 0.05) is 28.3 Å². The highest BCUT2D eigenvalue weighted by molar-refractivity contribution is 5.89. The van der Waals surface area contributed by atoms with Gasteiger partial charge in [-0.1, -0.05) is 0 Å². The second-order valence-electron chi connectivity index (χ2n) is 7.32. The van der Waals surface area contributed by atoms with Gasteiger partial charge >= 0.3 is 0 Å². The molecule has 0 spiro atoms. The van der Waals surface area contributed by atoms with Crippen molar-refractivity contribution in [3.63, 3.8) is 0 Å². The van der Waals surface area contributed by atoms with Crippen LogP contribution in [0.15, 0.2) is 24.3 Å². The summed E-state index contributed by atoms with van der Waals surface area (Å²) in [6, 6.07) is 6.86. The normalized spacial score (nSPS) is 17.3. The number of hydrogen-bond acceptors (Lipinski definition) is 5. The molecule has 0 aliphatic carbocycles. The Labute approximate surface area is 152 Å². The van der Waals surface area contributed by atoms with E-state index in [4.69, 9.17) is 14.2 Å². The maximum absolute atomic E-state index is 10.2. The van der Waals surface area contributed by atoms with E-state index >= 15 is 0 Å². The predicted molar refractivity (Wildman–Crippen MR) is 99.2 cm³/mol. The van der Waals surface area contributed by atoms with Crippen molar-refractivity contribution in [3.05, 3.63) is 41.0 Å². The lowest BCUT2D eigenvalue weighted by atomic mass is 9.91. The fourth-order valence-electron chi connectivity index (χ4n) is 3.53. The molecule has 0 saturated heterocycles. The van der Waals surface area contributed by atoms with Gasteiger partial charge in [0.15, 0.2) is 11.5 Å². The van der Waals surface area contributed by atoms with E-state index in [2.05, 4.69) is 13.8 Å². The van der Waals surface area contributed by atoms with Crippen LogP contribution in [-0.2, 0) is 6.42 Å². The fraction of sp³-hybridized carbons (Fsp3) is 0.333. The molecule has 2 heterocycles. The van der Waals surface area contributed by atoms with Gasteiger partial charge < -0.3 is 24.4 Å². The molecule has 2 aliphatic heterocycles. The molecule has 0 aromatic heterocycles. The van der Waals surface area contributed by atoms with Crippen LogP contribution >= 0.6 is 0 Å². The minimum absolute atomic E-state index is 0.00959. The molecule has 5 nitrogen and oxygen atoms in total. The van der Waals surface area contributed by atoms with E-state index in [0.717, 1.165) is 41.0 Å². The third-order valence-electron chi connectivity index (χ3n) is 4.96. The maximum atomic E-state index is 10.2. The number of fused-ring (bicyclic) bond motifs is 3. The van der Waals surface area contributed by atoms with Crippen molar-refractivity contribution in [2.24, 2.45) is 0 Å². The highest BCUT2D eigenvalue weighted by Crippen LogP contribution is 2.45. The molecule has 0 radical (unpaired) electrons. The van der Waals surface area contributed by atoms with Crippen molar-refractivity contribution < 1.29 is 24.4 Å². The van der Waals surface area contributed by atoms with Gasteiger partial charge in [-0.3, -0.25) is 0 Å². The zero-order chi connectivity index (χ0) is 18.5. The van der Waals surface area contributed by atoms with E-state index in [1.165, 1.54) is 13.2 Å². The summed E-state index contributed by atoms with van der Waals surface area (Å²) in [5.74, 6) is 1.94. The topological polar surface area (TPSA) is 68.2 Å². The Morgan fingerprint density at radius 1 is 1.12 bits per heavy atom. The number of ether oxygens (including phenoxy) is 3. The van der Waals surface area contributed by atoms with Gasteiger partial charge in [0.2, 0.25) is 0 Å². The van der Waals surface area contributed by atoms with Crippen molar-refractivity contribution in [1.82, 2.24) is 0 Å². The van der Waals surface area contributed by atoms with Crippen molar-refractivity contribution in [2.75, 3.05) is 13.7 Å². The van der Waals surface area contributed by atoms with Crippen LogP contribution in [0.1, 0.15) is 37.0 Å². The van der Waals surface area contributed by atoms with Crippen LogP contribution in [0.3, 0.4) is 0 Å². The number of aromatic hydroxyl groups is 2. The molecule has 136 valence electrons. The minimum atomic E-state index is -0.161. The molecule has 2 aromatic rings. The van der Waals surface area contributed by atoms with Crippen LogP contribution in [0, 0.1) is 0 Å². The van der Waals surface area contributed by atoms with E-state index in [1.807, 2.05) is 18.2 Å². The van der Waals surface area contributed by atoms with E-state index in [1.54, 1.807) is 6.07 Å². The van der Waals surface area contributed by atoms with Crippen LogP contribution < -0.4 is 14.2 Å². The summed E-state index contributed by atoms with van der Waals surface area (Å²) in [6.07, 6.45) is 3.85. The number of phenols is 2. The summed E-state index contributed by atoms with van der Waals surface area (Å²) < 4.78 is 17.3. The van der Waals surface area contributed by atoms with Gasteiger partial charge in [0.25, 0.3) is 0 Å². The summed E-state index contributed by atoms with van der Waals surface area (Å²) in [7, 11) is 1.48. The van der Waals surface area contributed by atoms with Crippen molar-refractivity contribution >= 4 is 11.6 Å². The second kappa shape index (κ2) is 5.87. The average molecular weight is 354 g/mol. The van der Waals surface area contributed by atoms with Crippen molar-refractivity contribution in [2.45, 2.75) is 32.3 Å². The Morgan fingerprint density at radius 2 is 1.92 bits per heavy atom. The molecular formula is C21H22O5. The van der Waals surface area contributed by atoms with Crippen molar-refractivity contribution in [1.29, 1.82) is 0 Å². The molecule has 2 aromatic carbocycles. The quantitative estimate of drug-likeness (QED) is 0.848. The Balaban J connectivity index is 1.76. The summed E-state index contributed by atoms with van der Waals surface area (Å²) in [6.45, 7) is 4.51. The van der Waals surface area contributed by atoms with E-state index in [-0.39, 0.29) is 17.1 Å². The fourth-order valence-corrected chi connectivity index (χ4v) is 3.53. The SMILES string of the molecule is COc1cc(C2=Cc3ccc4c(c3OC2)CCC(C)(C)O4)c(O)cc1O.